The lowest BCUT2D eigenvalue weighted by atomic mass is 9.99. The summed E-state index contributed by atoms with van der Waals surface area (Å²) in [6.45, 7) is 8.42. The van der Waals surface area contributed by atoms with Crippen molar-refractivity contribution in [1.82, 2.24) is 10.2 Å². The van der Waals surface area contributed by atoms with Crippen LogP contribution in [0, 0.1) is 11.8 Å². The third-order valence-electron chi connectivity index (χ3n) is 4.88. The van der Waals surface area contributed by atoms with Crippen LogP contribution in [0.5, 0.6) is 0 Å². The Morgan fingerprint density at radius 1 is 1.24 bits per heavy atom. The standard InChI is InChI=1S/C14H26N2O/c1-2-3-14-6-13(4-5-17-14)16-9-11-7-15-8-12(11)10-16/h11-15H,2-10H2,1H3. The maximum atomic E-state index is 5.86. The molecule has 4 atom stereocenters. The fourth-order valence-electron chi connectivity index (χ4n) is 3.90. The van der Waals surface area contributed by atoms with E-state index in [0.29, 0.717) is 6.10 Å². The molecule has 0 bridgehead atoms. The number of hydrogen-bond donors (Lipinski definition) is 1. The van der Waals surface area contributed by atoms with Gasteiger partial charge < -0.3 is 10.1 Å². The van der Waals surface area contributed by atoms with Gasteiger partial charge in [-0.05, 0) is 44.2 Å². The molecular formula is C14H26N2O. The summed E-state index contributed by atoms with van der Waals surface area (Å²) in [4.78, 5) is 2.77. The molecule has 3 heterocycles. The van der Waals surface area contributed by atoms with Crippen molar-refractivity contribution in [3.05, 3.63) is 0 Å². The zero-order chi connectivity index (χ0) is 11.7. The maximum absolute atomic E-state index is 5.86. The lowest BCUT2D eigenvalue weighted by molar-refractivity contribution is -0.0275. The first-order valence-corrected chi connectivity index (χ1v) is 7.43. The smallest absolute Gasteiger partial charge is 0.0590 e. The van der Waals surface area contributed by atoms with Gasteiger partial charge in [-0.25, -0.2) is 0 Å². The Hall–Kier alpha value is -0.120. The molecule has 3 aliphatic rings. The summed E-state index contributed by atoms with van der Waals surface area (Å²) in [7, 11) is 0. The van der Waals surface area contributed by atoms with Crippen molar-refractivity contribution in [3.63, 3.8) is 0 Å². The van der Waals surface area contributed by atoms with Crippen molar-refractivity contribution in [2.75, 3.05) is 32.8 Å². The van der Waals surface area contributed by atoms with Gasteiger partial charge in [0.1, 0.15) is 0 Å². The van der Waals surface area contributed by atoms with Crippen LogP contribution in [0.4, 0.5) is 0 Å². The Morgan fingerprint density at radius 3 is 2.71 bits per heavy atom. The Morgan fingerprint density at radius 2 is 2.00 bits per heavy atom. The molecule has 3 nitrogen and oxygen atoms in total. The van der Waals surface area contributed by atoms with Gasteiger partial charge in [0, 0.05) is 25.7 Å². The summed E-state index contributed by atoms with van der Waals surface area (Å²) in [5, 5.41) is 3.53. The first-order chi connectivity index (χ1) is 8.36. The highest BCUT2D eigenvalue weighted by Gasteiger charge is 2.39. The molecule has 3 aliphatic heterocycles. The van der Waals surface area contributed by atoms with Crippen LogP contribution >= 0.6 is 0 Å². The molecule has 1 N–H and O–H groups in total. The zero-order valence-electron chi connectivity index (χ0n) is 11.0. The minimum absolute atomic E-state index is 0.539. The van der Waals surface area contributed by atoms with Crippen LogP contribution in [0.3, 0.4) is 0 Å². The van der Waals surface area contributed by atoms with Crippen LogP contribution in [0.15, 0.2) is 0 Å². The second-order valence-corrected chi connectivity index (χ2v) is 6.09. The highest BCUT2D eigenvalue weighted by Crippen LogP contribution is 2.31. The molecule has 0 aromatic heterocycles. The third-order valence-corrected chi connectivity index (χ3v) is 4.88. The molecule has 3 heteroatoms. The van der Waals surface area contributed by atoms with Crippen LogP contribution in [0.2, 0.25) is 0 Å². The number of ether oxygens (including phenoxy) is 1. The topological polar surface area (TPSA) is 24.5 Å². The average molecular weight is 238 g/mol. The van der Waals surface area contributed by atoms with Gasteiger partial charge in [-0.1, -0.05) is 13.3 Å². The quantitative estimate of drug-likeness (QED) is 0.806. The molecule has 3 saturated heterocycles. The SMILES string of the molecule is CCCC1CC(N2CC3CNCC3C2)CCO1. The molecule has 98 valence electrons. The minimum Gasteiger partial charge on any atom is -0.378 e. The summed E-state index contributed by atoms with van der Waals surface area (Å²) in [6.07, 6.45) is 5.58. The summed E-state index contributed by atoms with van der Waals surface area (Å²) in [6, 6.07) is 0.811. The third kappa shape index (κ3) is 2.51. The number of hydrogen-bond acceptors (Lipinski definition) is 3. The number of likely N-dealkylation sites (tertiary alicyclic amines) is 1. The number of rotatable bonds is 3. The van der Waals surface area contributed by atoms with Gasteiger partial charge in [0.05, 0.1) is 6.10 Å². The molecule has 0 radical (unpaired) electrons. The molecule has 0 amide bonds. The maximum Gasteiger partial charge on any atom is 0.0590 e. The van der Waals surface area contributed by atoms with E-state index in [4.69, 9.17) is 4.74 Å². The fraction of sp³-hybridized carbons (Fsp3) is 1.00. The van der Waals surface area contributed by atoms with E-state index in [2.05, 4.69) is 17.1 Å². The first kappa shape index (κ1) is 11.9. The van der Waals surface area contributed by atoms with Gasteiger partial charge in [0.15, 0.2) is 0 Å². The van der Waals surface area contributed by atoms with Crippen molar-refractivity contribution in [1.29, 1.82) is 0 Å². The Balaban J connectivity index is 1.54. The van der Waals surface area contributed by atoms with Crippen molar-refractivity contribution in [2.45, 2.75) is 44.8 Å². The summed E-state index contributed by atoms with van der Waals surface area (Å²) < 4.78 is 5.86. The molecule has 3 rings (SSSR count). The van der Waals surface area contributed by atoms with E-state index in [9.17, 15) is 0 Å². The van der Waals surface area contributed by atoms with Crippen molar-refractivity contribution in [2.24, 2.45) is 11.8 Å². The summed E-state index contributed by atoms with van der Waals surface area (Å²) in [5.74, 6) is 1.87. The second kappa shape index (κ2) is 5.25. The van der Waals surface area contributed by atoms with E-state index in [1.807, 2.05) is 0 Å². The lowest BCUT2D eigenvalue weighted by Gasteiger charge is -2.35. The highest BCUT2D eigenvalue weighted by atomic mass is 16.5. The van der Waals surface area contributed by atoms with Gasteiger partial charge in [0.25, 0.3) is 0 Å². The number of nitrogens with one attached hydrogen (secondary N) is 1. The largest absolute Gasteiger partial charge is 0.378 e. The Labute approximate surface area is 105 Å². The minimum atomic E-state index is 0.539. The Kier molecular flexibility index (Phi) is 3.69. The van der Waals surface area contributed by atoms with Crippen LogP contribution in [0.1, 0.15) is 32.6 Å². The van der Waals surface area contributed by atoms with E-state index in [0.717, 1.165) is 24.5 Å². The summed E-state index contributed by atoms with van der Waals surface area (Å²) >= 11 is 0. The van der Waals surface area contributed by atoms with Crippen LogP contribution in [-0.4, -0.2) is 49.8 Å². The molecule has 4 unspecified atom stereocenters. The monoisotopic (exact) mass is 238 g/mol. The van der Waals surface area contributed by atoms with E-state index >= 15 is 0 Å². The molecule has 17 heavy (non-hydrogen) atoms. The van der Waals surface area contributed by atoms with E-state index in [-0.39, 0.29) is 0 Å². The molecule has 0 saturated carbocycles. The molecule has 0 aliphatic carbocycles. The van der Waals surface area contributed by atoms with Gasteiger partial charge >= 0.3 is 0 Å². The molecule has 0 aromatic carbocycles. The van der Waals surface area contributed by atoms with Crippen molar-refractivity contribution >= 4 is 0 Å². The molecule has 0 spiro atoms. The number of fused-ring (bicyclic) bond motifs is 1. The van der Waals surface area contributed by atoms with Gasteiger partial charge in [0.2, 0.25) is 0 Å². The zero-order valence-corrected chi connectivity index (χ0v) is 11.0. The first-order valence-electron chi connectivity index (χ1n) is 7.43. The van der Waals surface area contributed by atoms with Gasteiger partial charge in [-0.15, -0.1) is 0 Å². The van der Waals surface area contributed by atoms with Gasteiger partial charge in [-0.3, -0.25) is 4.90 Å². The molecule has 0 aromatic rings. The predicted octanol–water partition coefficient (Wildman–Crippen LogP) is 1.49. The van der Waals surface area contributed by atoms with Crippen LogP contribution in [0.25, 0.3) is 0 Å². The summed E-state index contributed by atoms with van der Waals surface area (Å²) in [5.41, 5.74) is 0. The van der Waals surface area contributed by atoms with E-state index in [1.165, 1.54) is 51.9 Å². The van der Waals surface area contributed by atoms with E-state index in [1.54, 1.807) is 0 Å². The van der Waals surface area contributed by atoms with Crippen molar-refractivity contribution in [3.8, 4) is 0 Å². The fourth-order valence-corrected chi connectivity index (χ4v) is 3.90. The lowest BCUT2D eigenvalue weighted by Crippen LogP contribution is -2.42. The van der Waals surface area contributed by atoms with Crippen molar-refractivity contribution < 1.29 is 4.74 Å². The highest BCUT2D eigenvalue weighted by molar-refractivity contribution is 4.94. The second-order valence-electron chi connectivity index (χ2n) is 6.09. The molecule has 3 fully saturated rings. The number of nitrogens with zero attached hydrogens (tertiary/aromatic N) is 1. The van der Waals surface area contributed by atoms with E-state index < -0.39 is 0 Å². The average Bonchev–Trinajstić information content (AvgIpc) is 2.89. The molecular weight excluding hydrogens is 212 g/mol. The van der Waals surface area contributed by atoms with Gasteiger partial charge in [-0.2, -0.15) is 0 Å². The van der Waals surface area contributed by atoms with Crippen LogP contribution in [-0.2, 0) is 4.74 Å². The normalized spacial score (nSPS) is 42.9. The Bertz CT molecular complexity index is 245. The predicted molar refractivity (Wildman–Crippen MR) is 69.1 cm³/mol. The van der Waals surface area contributed by atoms with Crippen LogP contribution < -0.4 is 5.32 Å².